The fraction of sp³-hybridized carbons (Fsp3) is 0.438. The maximum Gasteiger partial charge on any atom is 0.387 e. The normalized spacial score (nSPS) is 15.3. The first-order valence-corrected chi connectivity index (χ1v) is 8.99. The number of rotatable bonds is 6. The molecule has 132 valence electrons. The van der Waals surface area contributed by atoms with Crippen LogP contribution in [0.25, 0.3) is 4.96 Å². The van der Waals surface area contributed by atoms with E-state index in [4.69, 9.17) is 0 Å². The molecule has 25 heavy (non-hydrogen) atoms. The number of pyridine rings is 1. The van der Waals surface area contributed by atoms with Gasteiger partial charge in [0.25, 0.3) is 0 Å². The summed E-state index contributed by atoms with van der Waals surface area (Å²) in [6.07, 6.45) is 8.29. The summed E-state index contributed by atoms with van der Waals surface area (Å²) >= 11 is 1.49. The quantitative estimate of drug-likeness (QED) is 0.714. The number of anilines is 1. The molecule has 4 rings (SSSR count). The number of alkyl halides is 2. The van der Waals surface area contributed by atoms with Crippen molar-refractivity contribution in [3.63, 3.8) is 0 Å². The third-order valence-electron chi connectivity index (χ3n) is 4.28. The Bertz CT molecular complexity index is 810. The Balaban J connectivity index is 1.38. The molecule has 6 nitrogen and oxygen atoms in total. The molecule has 0 aromatic carbocycles. The van der Waals surface area contributed by atoms with Crippen molar-refractivity contribution in [3.8, 4) is 5.75 Å². The van der Waals surface area contributed by atoms with E-state index in [0.29, 0.717) is 18.2 Å². The number of hydrogen-bond acceptors (Lipinski definition) is 6. The molecular formula is C16H17F2N5OS. The van der Waals surface area contributed by atoms with Crippen molar-refractivity contribution in [2.75, 3.05) is 5.32 Å². The minimum Gasteiger partial charge on any atom is -0.433 e. The van der Waals surface area contributed by atoms with Gasteiger partial charge >= 0.3 is 6.61 Å². The monoisotopic (exact) mass is 365 g/mol. The molecule has 3 heterocycles. The molecule has 1 N–H and O–H groups in total. The third kappa shape index (κ3) is 3.71. The lowest BCUT2D eigenvalue weighted by atomic mass is 10.1. The van der Waals surface area contributed by atoms with Crippen molar-refractivity contribution in [2.24, 2.45) is 0 Å². The molecule has 0 saturated heterocycles. The summed E-state index contributed by atoms with van der Waals surface area (Å²) in [7, 11) is 0. The first-order valence-electron chi connectivity index (χ1n) is 8.17. The minimum absolute atomic E-state index is 0.0471. The number of halogens is 2. The van der Waals surface area contributed by atoms with Crippen LogP contribution in [-0.4, -0.2) is 26.2 Å². The highest BCUT2D eigenvalue weighted by Gasteiger charge is 2.21. The van der Waals surface area contributed by atoms with Gasteiger partial charge in [-0.2, -0.15) is 8.78 Å². The molecule has 0 bridgehead atoms. The van der Waals surface area contributed by atoms with Gasteiger partial charge in [-0.25, -0.2) is 9.50 Å². The number of nitrogens with one attached hydrogen (secondary N) is 1. The topological polar surface area (TPSA) is 64.3 Å². The summed E-state index contributed by atoms with van der Waals surface area (Å²) in [6, 6.07) is 3.11. The first kappa shape index (κ1) is 16.2. The van der Waals surface area contributed by atoms with Crippen molar-refractivity contribution < 1.29 is 13.5 Å². The number of ether oxygens (including phenoxy) is 1. The molecule has 9 heteroatoms. The molecule has 3 aromatic heterocycles. The zero-order valence-corrected chi connectivity index (χ0v) is 14.2. The molecule has 0 amide bonds. The average molecular weight is 365 g/mol. The summed E-state index contributed by atoms with van der Waals surface area (Å²) in [4.78, 5) is 9.65. The number of fused-ring (bicyclic) bond motifs is 1. The van der Waals surface area contributed by atoms with E-state index in [9.17, 15) is 8.78 Å². The molecule has 0 radical (unpaired) electrons. The number of imidazole rings is 1. The predicted octanol–water partition coefficient (Wildman–Crippen LogP) is 4.06. The van der Waals surface area contributed by atoms with Crippen LogP contribution in [0.4, 0.5) is 13.9 Å². The van der Waals surface area contributed by atoms with Gasteiger partial charge in [0.1, 0.15) is 5.75 Å². The molecule has 3 aromatic rings. The molecule has 0 aliphatic heterocycles. The second kappa shape index (κ2) is 6.91. The second-order valence-electron chi connectivity index (χ2n) is 6.00. The first-order chi connectivity index (χ1) is 12.2. The minimum atomic E-state index is -2.84. The van der Waals surface area contributed by atoms with Crippen LogP contribution in [0.3, 0.4) is 0 Å². The highest BCUT2D eigenvalue weighted by Crippen LogP contribution is 2.34. The SMILES string of the molecule is FC(F)Oc1ccc(CNc2nn3cc(C4CCCC4)nc3s2)nc1. The molecule has 0 unspecified atom stereocenters. The van der Waals surface area contributed by atoms with E-state index in [0.717, 1.165) is 15.8 Å². The Morgan fingerprint density at radius 2 is 2.16 bits per heavy atom. The van der Waals surface area contributed by atoms with Crippen molar-refractivity contribution in [2.45, 2.75) is 44.8 Å². The fourth-order valence-corrected chi connectivity index (χ4v) is 3.85. The number of nitrogens with zero attached hydrogens (tertiary/aromatic N) is 4. The van der Waals surface area contributed by atoms with E-state index in [-0.39, 0.29) is 5.75 Å². The average Bonchev–Trinajstić information content (AvgIpc) is 3.29. The van der Waals surface area contributed by atoms with Crippen molar-refractivity contribution in [1.29, 1.82) is 0 Å². The zero-order valence-electron chi connectivity index (χ0n) is 13.4. The summed E-state index contributed by atoms with van der Waals surface area (Å²) in [6.45, 7) is -2.40. The van der Waals surface area contributed by atoms with Gasteiger partial charge in [-0.05, 0) is 25.0 Å². The van der Waals surface area contributed by atoms with Gasteiger partial charge in [-0.3, -0.25) is 4.98 Å². The molecular weight excluding hydrogens is 348 g/mol. The largest absolute Gasteiger partial charge is 0.433 e. The van der Waals surface area contributed by atoms with E-state index < -0.39 is 6.61 Å². The van der Waals surface area contributed by atoms with Crippen LogP contribution in [0.2, 0.25) is 0 Å². The molecule has 1 aliphatic rings. The van der Waals surface area contributed by atoms with Gasteiger partial charge in [-0.1, -0.05) is 24.2 Å². The Morgan fingerprint density at radius 1 is 1.32 bits per heavy atom. The van der Waals surface area contributed by atoms with Crippen LogP contribution in [-0.2, 0) is 6.54 Å². The van der Waals surface area contributed by atoms with Crippen LogP contribution in [0.5, 0.6) is 5.75 Å². The van der Waals surface area contributed by atoms with Crippen molar-refractivity contribution in [3.05, 3.63) is 35.9 Å². The highest BCUT2D eigenvalue weighted by molar-refractivity contribution is 7.20. The highest BCUT2D eigenvalue weighted by atomic mass is 32.1. The molecule has 1 fully saturated rings. The standard InChI is InChI=1S/C16H17F2N5OS/c17-14(18)24-12-6-5-11(19-8-12)7-20-15-22-23-9-13(21-16(23)25-15)10-3-1-2-4-10/h5-6,8-10,14H,1-4,7H2,(H,20,22). The van der Waals surface area contributed by atoms with Gasteiger partial charge < -0.3 is 10.1 Å². The summed E-state index contributed by atoms with van der Waals surface area (Å²) in [5, 5.41) is 8.41. The van der Waals surface area contributed by atoms with E-state index >= 15 is 0 Å². The van der Waals surface area contributed by atoms with Gasteiger partial charge in [-0.15, -0.1) is 5.10 Å². The maximum atomic E-state index is 12.1. The Labute approximate surface area is 146 Å². The molecule has 1 saturated carbocycles. The lowest BCUT2D eigenvalue weighted by Gasteiger charge is -2.05. The van der Waals surface area contributed by atoms with Crippen molar-refractivity contribution in [1.82, 2.24) is 19.6 Å². The summed E-state index contributed by atoms with van der Waals surface area (Å²) in [5.41, 5.74) is 1.85. The number of aromatic nitrogens is 4. The smallest absolute Gasteiger partial charge is 0.387 e. The van der Waals surface area contributed by atoms with Crippen LogP contribution in [0, 0.1) is 0 Å². The van der Waals surface area contributed by atoms with E-state index in [1.54, 1.807) is 6.07 Å². The molecule has 0 spiro atoms. The van der Waals surface area contributed by atoms with E-state index in [2.05, 4.69) is 25.1 Å². The van der Waals surface area contributed by atoms with Crippen LogP contribution in [0.15, 0.2) is 24.5 Å². The maximum absolute atomic E-state index is 12.1. The number of hydrogen-bond donors (Lipinski definition) is 1. The Kier molecular flexibility index (Phi) is 4.48. The third-order valence-corrected chi connectivity index (χ3v) is 5.16. The molecule has 1 aliphatic carbocycles. The van der Waals surface area contributed by atoms with Gasteiger partial charge in [0.05, 0.1) is 30.3 Å². The summed E-state index contributed by atoms with van der Waals surface area (Å²) in [5.74, 6) is 0.620. The van der Waals surface area contributed by atoms with Gasteiger partial charge in [0.15, 0.2) is 0 Å². The Morgan fingerprint density at radius 3 is 2.84 bits per heavy atom. The van der Waals surface area contributed by atoms with Crippen LogP contribution < -0.4 is 10.1 Å². The molecule has 0 atom stereocenters. The lowest BCUT2D eigenvalue weighted by molar-refractivity contribution is -0.0500. The summed E-state index contributed by atoms with van der Waals surface area (Å²) < 4.78 is 30.3. The predicted molar refractivity (Wildman–Crippen MR) is 90.3 cm³/mol. The fourth-order valence-electron chi connectivity index (χ4n) is 3.06. The van der Waals surface area contributed by atoms with Crippen LogP contribution in [0.1, 0.15) is 43.0 Å². The Hall–Kier alpha value is -2.29. The van der Waals surface area contributed by atoms with Gasteiger partial charge in [0, 0.05) is 5.92 Å². The van der Waals surface area contributed by atoms with Crippen molar-refractivity contribution >= 4 is 21.4 Å². The van der Waals surface area contributed by atoms with Gasteiger partial charge in [0.2, 0.25) is 10.1 Å². The van der Waals surface area contributed by atoms with Crippen LogP contribution >= 0.6 is 11.3 Å². The zero-order chi connectivity index (χ0) is 17.2. The van der Waals surface area contributed by atoms with E-state index in [1.807, 2.05) is 10.7 Å². The van der Waals surface area contributed by atoms with E-state index in [1.165, 1.54) is 49.3 Å². The lowest BCUT2D eigenvalue weighted by Crippen LogP contribution is -2.04. The second-order valence-corrected chi connectivity index (χ2v) is 6.95.